The number of terminal acetylenes is 1. The van der Waals surface area contributed by atoms with E-state index in [-0.39, 0.29) is 12.5 Å². The normalized spacial score (nSPS) is 13.3. The second-order valence-electron chi connectivity index (χ2n) is 4.00. The number of hydrogen-bond donors (Lipinski definition) is 2. The van der Waals surface area contributed by atoms with Crippen LogP contribution in [0.5, 0.6) is 0 Å². The van der Waals surface area contributed by atoms with Crippen LogP contribution in [0.3, 0.4) is 0 Å². The Labute approximate surface area is 102 Å². The van der Waals surface area contributed by atoms with Crippen LogP contribution in [-0.4, -0.2) is 41.1 Å². The first kappa shape index (κ1) is 15.3. The number of carbonyl (C=O) groups is 2. The summed E-state index contributed by atoms with van der Waals surface area (Å²) in [6.07, 6.45) is 6.87. The molecule has 2 atom stereocenters. The molecule has 0 aliphatic heterocycles. The number of nitrogens with one attached hydrogen (secondary N) is 1. The van der Waals surface area contributed by atoms with Gasteiger partial charge in [0.2, 0.25) is 0 Å². The standard InChI is InChI=1S/C12H20N2O3/c1-5-7-9(3)14(4)12(17)13-10(8-6-2)11(15)16/h2,9-10H,5,7-8H2,1,3-4H3,(H,13,17)(H,15,16). The molecule has 0 aromatic rings. The summed E-state index contributed by atoms with van der Waals surface area (Å²) in [5, 5.41) is 11.2. The molecule has 0 spiro atoms. The maximum absolute atomic E-state index is 11.7. The van der Waals surface area contributed by atoms with Gasteiger partial charge in [0, 0.05) is 19.5 Å². The van der Waals surface area contributed by atoms with Crippen molar-refractivity contribution < 1.29 is 14.7 Å². The van der Waals surface area contributed by atoms with Crippen molar-refractivity contribution in [3.8, 4) is 12.3 Å². The van der Waals surface area contributed by atoms with E-state index in [0.717, 1.165) is 12.8 Å². The zero-order chi connectivity index (χ0) is 13.4. The van der Waals surface area contributed by atoms with Crippen molar-refractivity contribution in [1.29, 1.82) is 0 Å². The number of rotatable bonds is 6. The first-order chi connectivity index (χ1) is 7.93. The summed E-state index contributed by atoms with van der Waals surface area (Å²) < 4.78 is 0. The van der Waals surface area contributed by atoms with Crippen LogP contribution in [0.2, 0.25) is 0 Å². The highest BCUT2D eigenvalue weighted by atomic mass is 16.4. The molecule has 17 heavy (non-hydrogen) atoms. The van der Waals surface area contributed by atoms with Crippen LogP contribution < -0.4 is 5.32 Å². The summed E-state index contributed by atoms with van der Waals surface area (Å²) in [6.45, 7) is 3.95. The first-order valence-corrected chi connectivity index (χ1v) is 5.63. The number of nitrogens with zero attached hydrogens (tertiary/aromatic N) is 1. The molecule has 5 heteroatoms. The van der Waals surface area contributed by atoms with Gasteiger partial charge in [0.25, 0.3) is 0 Å². The third-order valence-corrected chi connectivity index (χ3v) is 2.61. The van der Waals surface area contributed by atoms with Gasteiger partial charge < -0.3 is 15.3 Å². The molecule has 96 valence electrons. The van der Waals surface area contributed by atoms with E-state index in [1.165, 1.54) is 4.90 Å². The number of hydrogen-bond acceptors (Lipinski definition) is 2. The summed E-state index contributed by atoms with van der Waals surface area (Å²) in [7, 11) is 1.64. The molecular formula is C12H20N2O3. The lowest BCUT2D eigenvalue weighted by molar-refractivity contribution is -0.139. The van der Waals surface area contributed by atoms with Crippen LogP contribution >= 0.6 is 0 Å². The lowest BCUT2D eigenvalue weighted by Crippen LogP contribution is -2.49. The highest BCUT2D eigenvalue weighted by Crippen LogP contribution is 2.04. The largest absolute Gasteiger partial charge is 0.480 e. The van der Waals surface area contributed by atoms with E-state index in [0.29, 0.717) is 0 Å². The van der Waals surface area contributed by atoms with Crippen molar-refractivity contribution in [3.63, 3.8) is 0 Å². The Morgan fingerprint density at radius 1 is 1.53 bits per heavy atom. The van der Waals surface area contributed by atoms with Gasteiger partial charge in [0.15, 0.2) is 0 Å². The third-order valence-electron chi connectivity index (χ3n) is 2.61. The van der Waals surface area contributed by atoms with Gasteiger partial charge in [-0.15, -0.1) is 12.3 Å². The molecule has 0 bridgehead atoms. The predicted octanol–water partition coefficient (Wildman–Crippen LogP) is 1.29. The number of urea groups is 1. The smallest absolute Gasteiger partial charge is 0.327 e. The zero-order valence-electron chi connectivity index (χ0n) is 10.6. The highest BCUT2D eigenvalue weighted by molar-refractivity contribution is 5.82. The van der Waals surface area contributed by atoms with Gasteiger partial charge in [0.05, 0.1) is 0 Å². The predicted molar refractivity (Wildman–Crippen MR) is 65.5 cm³/mol. The molecule has 0 aliphatic carbocycles. The van der Waals surface area contributed by atoms with Crippen molar-refractivity contribution in [2.75, 3.05) is 7.05 Å². The monoisotopic (exact) mass is 240 g/mol. The molecule has 0 radical (unpaired) electrons. The molecule has 2 unspecified atom stereocenters. The fourth-order valence-corrected chi connectivity index (χ4v) is 1.38. The molecule has 0 heterocycles. The summed E-state index contributed by atoms with van der Waals surface area (Å²) in [5.74, 6) is 1.12. The number of aliphatic carboxylic acids is 1. The highest BCUT2D eigenvalue weighted by Gasteiger charge is 2.22. The zero-order valence-corrected chi connectivity index (χ0v) is 10.6. The minimum Gasteiger partial charge on any atom is -0.480 e. The van der Waals surface area contributed by atoms with Gasteiger partial charge in [-0.3, -0.25) is 0 Å². The molecular weight excluding hydrogens is 220 g/mol. The van der Waals surface area contributed by atoms with Crippen molar-refractivity contribution in [3.05, 3.63) is 0 Å². The van der Waals surface area contributed by atoms with E-state index in [9.17, 15) is 9.59 Å². The molecule has 0 aromatic heterocycles. The Kier molecular flexibility index (Phi) is 6.80. The van der Waals surface area contributed by atoms with Crippen LogP contribution in [-0.2, 0) is 4.79 Å². The van der Waals surface area contributed by atoms with Crippen LogP contribution in [0, 0.1) is 12.3 Å². The van der Waals surface area contributed by atoms with Crippen molar-refractivity contribution in [2.24, 2.45) is 0 Å². The maximum Gasteiger partial charge on any atom is 0.327 e. The van der Waals surface area contributed by atoms with Gasteiger partial charge in [-0.2, -0.15) is 0 Å². The Morgan fingerprint density at radius 2 is 2.12 bits per heavy atom. The van der Waals surface area contributed by atoms with Crippen LogP contribution in [0.25, 0.3) is 0 Å². The topological polar surface area (TPSA) is 69.6 Å². The average Bonchev–Trinajstić information content (AvgIpc) is 2.27. The van der Waals surface area contributed by atoms with E-state index >= 15 is 0 Å². The molecule has 0 fully saturated rings. The lowest BCUT2D eigenvalue weighted by Gasteiger charge is -2.26. The van der Waals surface area contributed by atoms with Crippen LogP contribution in [0.15, 0.2) is 0 Å². The van der Waals surface area contributed by atoms with Crippen molar-refractivity contribution in [1.82, 2.24) is 10.2 Å². The van der Waals surface area contributed by atoms with E-state index < -0.39 is 18.0 Å². The Balaban J connectivity index is 4.40. The van der Waals surface area contributed by atoms with Crippen LogP contribution in [0.1, 0.15) is 33.1 Å². The van der Waals surface area contributed by atoms with Crippen molar-refractivity contribution in [2.45, 2.75) is 45.2 Å². The summed E-state index contributed by atoms with van der Waals surface area (Å²) in [6, 6.07) is -1.36. The number of carbonyl (C=O) groups excluding carboxylic acids is 1. The van der Waals surface area contributed by atoms with Gasteiger partial charge >= 0.3 is 12.0 Å². The number of carboxylic acids is 1. The molecule has 2 amide bonds. The van der Waals surface area contributed by atoms with E-state index in [1.54, 1.807) is 7.05 Å². The maximum atomic E-state index is 11.7. The molecule has 2 N–H and O–H groups in total. The van der Waals surface area contributed by atoms with Gasteiger partial charge in [-0.1, -0.05) is 13.3 Å². The van der Waals surface area contributed by atoms with Crippen molar-refractivity contribution >= 4 is 12.0 Å². The van der Waals surface area contributed by atoms with Crippen LogP contribution in [0.4, 0.5) is 4.79 Å². The number of amides is 2. The molecule has 0 saturated heterocycles. The quantitative estimate of drug-likeness (QED) is 0.687. The minimum atomic E-state index is -1.12. The fraction of sp³-hybridized carbons (Fsp3) is 0.667. The van der Waals surface area contributed by atoms with E-state index in [2.05, 4.69) is 11.2 Å². The van der Waals surface area contributed by atoms with Gasteiger partial charge in [-0.05, 0) is 13.3 Å². The van der Waals surface area contributed by atoms with E-state index in [4.69, 9.17) is 11.5 Å². The molecule has 0 aromatic carbocycles. The molecule has 0 aliphatic rings. The third kappa shape index (κ3) is 5.25. The summed E-state index contributed by atoms with van der Waals surface area (Å²) in [4.78, 5) is 24.0. The average molecular weight is 240 g/mol. The fourth-order valence-electron chi connectivity index (χ4n) is 1.38. The number of carboxylic acid groups (broad SMARTS) is 1. The van der Waals surface area contributed by atoms with E-state index in [1.807, 2.05) is 13.8 Å². The Bertz CT molecular complexity index is 309. The van der Waals surface area contributed by atoms with Gasteiger partial charge in [0.1, 0.15) is 6.04 Å². The molecule has 5 nitrogen and oxygen atoms in total. The lowest BCUT2D eigenvalue weighted by atomic mass is 10.2. The Morgan fingerprint density at radius 3 is 2.53 bits per heavy atom. The minimum absolute atomic E-state index is 0.0168. The first-order valence-electron chi connectivity index (χ1n) is 5.63. The second-order valence-corrected chi connectivity index (χ2v) is 4.00. The molecule has 0 rings (SSSR count). The summed E-state index contributed by atoms with van der Waals surface area (Å²) in [5.41, 5.74) is 0. The Hall–Kier alpha value is -1.70. The molecule has 0 saturated carbocycles. The SMILES string of the molecule is C#CCC(NC(=O)N(C)C(C)CCC)C(=O)O. The van der Waals surface area contributed by atoms with Gasteiger partial charge in [-0.25, -0.2) is 9.59 Å². The second kappa shape index (κ2) is 7.55. The summed E-state index contributed by atoms with van der Waals surface area (Å²) >= 11 is 0.